The van der Waals surface area contributed by atoms with E-state index in [0.717, 1.165) is 23.6 Å². The second kappa shape index (κ2) is 11.7. The number of anilines is 2. The van der Waals surface area contributed by atoms with E-state index < -0.39 is 38.2 Å². The fraction of sp³-hybridized carbons (Fsp3) is 0.179. The number of rotatable bonds is 8. The SMILES string of the molecule is CS(=O)(=O)c1ccc(C(F)(F)F)cc1NC(=O)Nc1cnc(Oc2ccc(-c3cnc4ccc(OC5COC5)nn34)cc2)nc1. The fourth-order valence-corrected chi connectivity index (χ4v) is 5.04. The minimum atomic E-state index is -4.75. The number of nitrogens with zero attached hydrogens (tertiary/aromatic N) is 5. The Morgan fingerprint density at radius 3 is 2.36 bits per heavy atom. The van der Waals surface area contributed by atoms with Gasteiger partial charge in [0.15, 0.2) is 15.5 Å². The van der Waals surface area contributed by atoms with Crippen molar-refractivity contribution in [1.29, 1.82) is 0 Å². The number of alkyl halides is 3. The Labute approximate surface area is 252 Å². The Balaban J connectivity index is 1.10. The van der Waals surface area contributed by atoms with Gasteiger partial charge in [-0.2, -0.15) is 13.2 Å². The molecule has 1 saturated heterocycles. The van der Waals surface area contributed by atoms with Gasteiger partial charge in [0, 0.05) is 17.9 Å². The Morgan fingerprint density at radius 2 is 1.71 bits per heavy atom. The van der Waals surface area contributed by atoms with Crippen molar-refractivity contribution in [2.45, 2.75) is 17.2 Å². The van der Waals surface area contributed by atoms with E-state index in [4.69, 9.17) is 14.2 Å². The van der Waals surface area contributed by atoms with Gasteiger partial charge < -0.3 is 24.8 Å². The van der Waals surface area contributed by atoms with Crippen molar-refractivity contribution in [1.82, 2.24) is 24.6 Å². The lowest BCUT2D eigenvalue weighted by Crippen LogP contribution is -2.38. The van der Waals surface area contributed by atoms with Crippen LogP contribution in [0.5, 0.6) is 17.6 Å². The third-order valence-corrected chi connectivity index (χ3v) is 7.59. The highest BCUT2D eigenvalue weighted by Gasteiger charge is 2.32. The predicted octanol–water partition coefficient (Wildman–Crippen LogP) is 4.82. The molecular formula is C28H22F3N7O6S. The van der Waals surface area contributed by atoms with Gasteiger partial charge in [-0.25, -0.2) is 32.7 Å². The molecule has 5 aromatic rings. The Hall–Kier alpha value is -5.29. The number of hydrogen-bond acceptors (Lipinski definition) is 10. The van der Waals surface area contributed by atoms with Gasteiger partial charge in [0.25, 0.3) is 0 Å². The number of carbonyl (C=O) groups excluding carboxylic acids is 1. The molecule has 2 amide bonds. The summed E-state index contributed by atoms with van der Waals surface area (Å²) in [5, 5.41) is 9.00. The first-order valence-corrected chi connectivity index (χ1v) is 15.0. The van der Waals surface area contributed by atoms with Gasteiger partial charge in [-0.1, -0.05) is 0 Å². The third-order valence-electron chi connectivity index (χ3n) is 6.43. The summed E-state index contributed by atoms with van der Waals surface area (Å²) in [7, 11) is -3.95. The molecule has 232 valence electrons. The zero-order valence-corrected chi connectivity index (χ0v) is 24.0. The second-order valence-electron chi connectivity index (χ2n) is 9.80. The van der Waals surface area contributed by atoms with E-state index >= 15 is 0 Å². The van der Waals surface area contributed by atoms with Crippen LogP contribution in [0.1, 0.15) is 5.56 Å². The number of sulfone groups is 1. The highest BCUT2D eigenvalue weighted by atomic mass is 32.2. The van der Waals surface area contributed by atoms with E-state index in [1.165, 1.54) is 12.4 Å². The fourth-order valence-electron chi connectivity index (χ4n) is 4.21. The van der Waals surface area contributed by atoms with Crippen LogP contribution in [0.15, 0.2) is 78.1 Å². The van der Waals surface area contributed by atoms with E-state index in [1.807, 2.05) is 0 Å². The Kier molecular flexibility index (Phi) is 7.71. The predicted molar refractivity (Wildman–Crippen MR) is 153 cm³/mol. The molecule has 1 fully saturated rings. The molecule has 0 spiro atoms. The number of carbonyl (C=O) groups is 1. The first-order chi connectivity index (χ1) is 21.4. The van der Waals surface area contributed by atoms with Gasteiger partial charge in [-0.3, -0.25) is 0 Å². The number of urea groups is 1. The number of nitrogens with one attached hydrogen (secondary N) is 2. The lowest BCUT2D eigenvalue weighted by Gasteiger charge is -2.25. The van der Waals surface area contributed by atoms with E-state index in [1.54, 1.807) is 47.1 Å². The van der Waals surface area contributed by atoms with Gasteiger partial charge in [0.05, 0.1) is 59.3 Å². The zero-order chi connectivity index (χ0) is 31.8. The zero-order valence-electron chi connectivity index (χ0n) is 23.1. The van der Waals surface area contributed by atoms with E-state index in [9.17, 15) is 26.4 Å². The molecule has 0 atom stereocenters. The normalized spacial score (nSPS) is 13.7. The number of amides is 2. The molecule has 2 N–H and O–H groups in total. The van der Waals surface area contributed by atoms with E-state index in [-0.39, 0.29) is 17.8 Å². The van der Waals surface area contributed by atoms with E-state index in [0.29, 0.717) is 42.6 Å². The molecule has 45 heavy (non-hydrogen) atoms. The van der Waals surface area contributed by atoms with E-state index in [2.05, 4.69) is 30.7 Å². The maximum absolute atomic E-state index is 13.2. The summed E-state index contributed by atoms with van der Waals surface area (Å²) in [6.45, 7) is 1.04. The summed E-state index contributed by atoms with van der Waals surface area (Å²) in [6.07, 6.45) is 0.145. The van der Waals surface area contributed by atoms with Crippen LogP contribution in [-0.4, -0.2) is 64.6 Å². The van der Waals surface area contributed by atoms with Crippen molar-refractivity contribution in [2.75, 3.05) is 30.1 Å². The highest BCUT2D eigenvalue weighted by molar-refractivity contribution is 7.90. The number of imidazole rings is 1. The molecule has 6 rings (SSSR count). The molecule has 0 aliphatic carbocycles. The average Bonchev–Trinajstić information content (AvgIpc) is 3.39. The van der Waals surface area contributed by atoms with Crippen LogP contribution in [0, 0.1) is 0 Å². The van der Waals surface area contributed by atoms with Gasteiger partial charge in [0.1, 0.15) is 11.9 Å². The van der Waals surface area contributed by atoms with Crippen LogP contribution < -0.4 is 20.1 Å². The van der Waals surface area contributed by atoms with Crippen LogP contribution in [0.4, 0.5) is 29.3 Å². The van der Waals surface area contributed by atoms with Gasteiger partial charge in [-0.05, 0) is 48.5 Å². The molecule has 0 unspecified atom stereocenters. The van der Waals surface area contributed by atoms with Crippen molar-refractivity contribution in [3.8, 4) is 28.9 Å². The molecule has 1 aliphatic rings. The smallest absolute Gasteiger partial charge is 0.416 e. The molecule has 13 nitrogen and oxygen atoms in total. The van der Waals surface area contributed by atoms with Gasteiger partial charge in [0.2, 0.25) is 5.88 Å². The van der Waals surface area contributed by atoms with Gasteiger partial charge >= 0.3 is 18.2 Å². The minimum Gasteiger partial charge on any atom is -0.468 e. The topological polar surface area (TPSA) is 159 Å². The minimum absolute atomic E-state index is 0.0258. The van der Waals surface area contributed by atoms with Crippen molar-refractivity contribution in [3.63, 3.8) is 0 Å². The molecule has 3 aromatic heterocycles. The maximum atomic E-state index is 13.2. The van der Waals surface area contributed by atoms with Crippen molar-refractivity contribution < 1.29 is 40.6 Å². The summed E-state index contributed by atoms with van der Waals surface area (Å²) >= 11 is 0. The average molecular weight is 642 g/mol. The summed E-state index contributed by atoms with van der Waals surface area (Å²) in [5.41, 5.74) is 0.576. The van der Waals surface area contributed by atoms with Crippen LogP contribution in [0.3, 0.4) is 0 Å². The van der Waals surface area contributed by atoms with Gasteiger partial charge in [-0.15, -0.1) is 5.10 Å². The molecule has 17 heteroatoms. The molecule has 1 aliphatic heterocycles. The number of ether oxygens (including phenoxy) is 3. The number of hydrogen-bond donors (Lipinski definition) is 2. The summed E-state index contributed by atoms with van der Waals surface area (Å²) in [5.74, 6) is 0.864. The molecule has 0 radical (unpaired) electrons. The van der Waals surface area contributed by atoms with Crippen LogP contribution in [0.25, 0.3) is 16.9 Å². The number of halogens is 3. The molecule has 2 aromatic carbocycles. The molecule has 4 heterocycles. The molecule has 0 saturated carbocycles. The first-order valence-electron chi connectivity index (χ1n) is 13.1. The van der Waals surface area contributed by atoms with Crippen LogP contribution >= 0.6 is 0 Å². The van der Waals surface area contributed by atoms with Crippen molar-refractivity contribution in [3.05, 3.63) is 78.8 Å². The monoisotopic (exact) mass is 641 g/mol. The third kappa shape index (κ3) is 6.78. The number of aromatic nitrogens is 5. The highest BCUT2D eigenvalue weighted by Crippen LogP contribution is 2.34. The first kappa shape index (κ1) is 29.8. The quantitative estimate of drug-likeness (QED) is 0.241. The maximum Gasteiger partial charge on any atom is 0.416 e. The number of benzene rings is 2. The Morgan fingerprint density at radius 1 is 0.978 bits per heavy atom. The Bertz CT molecular complexity index is 1980. The molecular weight excluding hydrogens is 619 g/mol. The summed E-state index contributed by atoms with van der Waals surface area (Å²) in [4.78, 5) is 24.4. The number of fused-ring (bicyclic) bond motifs is 1. The van der Waals surface area contributed by atoms with Crippen molar-refractivity contribution in [2.24, 2.45) is 0 Å². The lowest BCUT2D eigenvalue weighted by atomic mass is 10.1. The second-order valence-corrected chi connectivity index (χ2v) is 11.8. The summed E-state index contributed by atoms with van der Waals surface area (Å²) in [6, 6.07) is 11.4. The van der Waals surface area contributed by atoms with Crippen LogP contribution in [0.2, 0.25) is 0 Å². The molecule has 0 bridgehead atoms. The standard InChI is InChI=1S/C28H22F3N7O6S/c1-45(40,41)23-7-4-17(28(29,30)31)10-21(23)36-26(39)35-18-11-33-27(34-12-18)44-19-5-2-16(3-6-19)22-13-32-24-8-9-25(37-38(22)24)43-20-14-42-15-20/h2-13,20H,14-15H2,1H3,(H2,35,36,39). The lowest BCUT2D eigenvalue weighted by molar-refractivity contribution is -0.137. The van der Waals surface area contributed by atoms with Crippen LogP contribution in [-0.2, 0) is 20.8 Å². The summed E-state index contributed by atoms with van der Waals surface area (Å²) < 4.78 is 81.8. The largest absolute Gasteiger partial charge is 0.468 e. The van der Waals surface area contributed by atoms with Crippen molar-refractivity contribution >= 4 is 32.9 Å².